The zero-order valence-electron chi connectivity index (χ0n) is 25.7. The predicted octanol–water partition coefficient (Wildman–Crippen LogP) is 7.28. The van der Waals surface area contributed by atoms with Crippen LogP contribution in [0.3, 0.4) is 0 Å². The summed E-state index contributed by atoms with van der Waals surface area (Å²) in [4.78, 5) is 0. The topological polar surface area (TPSA) is 71.1 Å². The molecule has 0 saturated heterocycles. The molecule has 0 aromatic heterocycles. The number of fused-ring (bicyclic) bond motifs is 2. The summed E-state index contributed by atoms with van der Waals surface area (Å²) in [6.07, 6.45) is -8.36. The molecule has 0 aliphatic carbocycles. The van der Waals surface area contributed by atoms with Gasteiger partial charge in [-0.25, -0.2) is 0 Å². The number of hydrogen-bond acceptors (Lipinski definition) is 6. The van der Waals surface area contributed by atoms with Gasteiger partial charge in [-0.05, 0) is 24.3 Å². The Morgan fingerprint density at radius 2 is 0.660 bits per heavy atom. The SMILES string of the molecule is O=P(c1ccccc1)(c1ccccc1)c1ccc2c(c1-c1c(P(=O)(c3ccccc3)c3ccccc3)ccc3c1OC(F)(F)O3)OC(F)(F)O2. The van der Waals surface area contributed by atoms with Crippen LogP contribution < -0.4 is 50.8 Å². The van der Waals surface area contributed by atoms with Gasteiger partial charge in [0.1, 0.15) is 0 Å². The van der Waals surface area contributed by atoms with Crippen LogP contribution in [0.4, 0.5) is 17.6 Å². The maximum Gasteiger partial charge on any atom is 0.586 e. The van der Waals surface area contributed by atoms with Crippen LogP contribution >= 0.6 is 14.3 Å². The van der Waals surface area contributed by atoms with Gasteiger partial charge in [-0.1, -0.05) is 121 Å². The second-order valence-corrected chi connectivity index (χ2v) is 16.9. The second kappa shape index (κ2) is 11.7. The molecule has 0 radical (unpaired) electrons. The first-order chi connectivity index (χ1) is 24.0. The molecule has 0 fully saturated rings. The molecule has 8 rings (SSSR count). The molecular formula is C38H24F4O6P2. The Labute approximate surface area is 283 Å². The van der Waals surface area contributed by atoms with E-state index in [1.807, 2.05) is 0 Å². The number of benzene rings is 6. The lowest BCUT2D eigenvalue weighted by molar-refractivity contribution is -0.287. The van der Waals surface area contributed by atoms with E-state index in [0.29, 0.717) is 21.2 Å². The van der Waals surface area contributed by atoms with Crippen LogP contribution in [0.1, 0.15) is 0 Å². The molecule has 6 aromatic rings. The summed E-state index contributed by atoms with van der Waals surface area (Å²) < 4.78 is 112. The van der Waals surface area contributed by atoms with Crippen LogP contribution in [0.2, 0.25) is 0 Å². The lowest BCUT2D eigenvalue weighted by atomic mass is 10.0. The number of hydrogen-bond donors (Lipinski definition) is 0. The molecule has 0 spiro atoms. The highest BCUT2D eigenvalue weighted by molar-refractivity contribution is 7.86. The third kappa shape index (κ3) is 5.10. The van der Waals surface area contributed by atoms with Gasteiger partial charge in [0, 0.05) is 43.0 Å². The van der Waals surface area contributed by atoms with Crippen LogP contribution in [0.15, 0.2) is 146 Å². The Balaban J connectivity index is 1.56. The number of rotatable bonds is 7. The molecule has 0 atom stereocenters. The fourth-order valence-corrected chi connectivity index (χ4v) is 12.1. The molecule has 2 aliphatic rings. The summed E-state index contributed by atoms with van der Waals surface area (Å²) in [6.45, 7) is 0. The van der Waals surface area contributed by atoms with Crippen LogP contribution in [-0.4, -0.2) is 12.6 Å². The van der Waals surface area contributed by atoms with Crippen molar-refractivity contribution in [1.82, 2.24) is 0 Å². The summed E-state index contributed by atoms with van der Waals surface area (Å²) in [5, 5.41) is 1.09. The molecule has 0 N–H and O–H groups in total. The van der Waals surface area contributed by atoms with Crippen molar-refractivity contribution in [3.63, 3.8) is 0 Å². The maximum absolute atomic E-state index is 15.9. The van der Waals surface area contributed by atoms with E-state index in [1.54, 1.807) is 121 Å². The van der Waals surface area contributed by atoms with Crippen molar-refractivity contribution in [2.75, 3.05) is 0 Å². The van der Waals surface area contributed by atoms with Crippen molar-refractivity contribution in [1.29, 1.82) is 0 Å². The lowest BCUT2D eigenvalue weighted by Gasteiger charge is -2.27. The van der Waals surface area contributed by atoms with Gasteiger partial charge in [0.2, 0.25) is 0 Å². The molecule has 50 heavy (non-hydrogen) atoms. The van der Waals surface area contributed by atoms with Crippen LogP contribution in [0.5, 0.6) is 23.0 Å². The predicted molar refractivity (Wildman–Crippen MR) is 183 cm³/mol. The number of alkyl halides is 4. The summed E-state index contributed by atoms with van der Waals surface area (Å²) in [7, 11) is -8.16. The summed E-state index contributed by atoms with van der Waals surface area (Å²) in [6, 6.07) is 38.4. The van der Waals surface area contributed by atoms with E-state index in [0.717, 1.165) is 0 Å². The first-order valence-corrected chi connectivity index (χ1v) is 18.7. The Kier molecular flexibility index (Phi) is 7.44. The van der Waals surface area contributed by atoms with Gasteiger partial charge in [0.15, 0.2) is 37.3 Å². The minimum Gasteiger partial charge on any atom is -0.395 e. The highest BCUT2D eigenvalue weighted by Crippen LogP contribution is 2.59. The van der Waals surface area contributed by atoms with Crippen molar-refractivity contribution in [2.24, 2.45) is 0 Å². The van der Waals surface area contributed by atoms with E-state index in [1.165, 1.54) is 24.3 Å². The van der Waals surface area contributed by atoms with E-state index in [-0.39, 0.29) is 21.7 Å². The first kappa shape index (κ1) is 31.9. The fraction of sp³-hybridized carbons (Fsp3) is 0.0526. The minimum atomic E-state index is -4.18. The third-order valence-corrected chi connectivity index (χ3v) is 14.7. The normalized spacial score (nSPS) is 15.5. The van der Waals surface area contributed by atoms with E-state index in [9.17, 15) is 0 Å². The Bertz CT molecular complexity index is 2090. The zero-order valence-corrected chi connectivity index (χ0v) is 27.5. The van der Waals surface area contributed by atoms with E-state index in [2.05, 4.69) is 0 Å². The monoisotopic (exact) mass is 714 g/mol. The summed E-state index contributed by atoms with van der Waals surface area (Å²) in [5.41, 5.74) is -0.646. The third-order valence-electron chi connectivity index (χ3n) is 8.51. The molecule has 0 saturated carbocycles. The highest BCUT2D eigenvalue weighted by Gasteiger charge is 2.51. The standard InChI is InChI=1S/C38H24F4O6P2/c39-37(40)45-29-21-23-31(49(43,25-13-5-1-6-14-25)26-15-7-2-8-16-26)33(35(29)47-37)34-32(24-22-30-36(34)48-38(41,42)46-30)50(44,27-17-9-3-10-18-27)28-19-11-4-12-20-28/h1-24H. The molecule has 2 aliphatic heterocycles. The summed E-state index contributed by atoms with van der Waals surface area (Å²) in [5.74, 6) is -2.10. The second-order valence-electron chi connectivity index (χ2n) is 11.5. The van der Waals surface area contributed by atoms with Crippen LogP contribution in [0.25, 0.3) is 11.1 Å². The summed E-state index contributed by atoms with van der Waals surface area (Å²) >= 11 is 0. The van der Waals surface area contributed by atoms with Crippen LogP contribution in [0, 0.1) is 0 Å². The largest absolute Gasteiger partial charge is 0.586 e. The zero-order chi connectivity index (χ0) is 34.7. The van der Waals surface area contributed by atoms with Gasteiger partial charge >= 0.3 is 12.6 Å². The molecule has 250 valence electrons. The van der Waals surface area contributed by atoms with E-state index < -0.39 is 49.9 Å². The highest BCUT2D eigenvalue weighted by atomic mass is 31.2. The average molecular weight is 715 g/mol. The Morgan fingerprint density at radius 3 is 0.940 bits per heavy atom. The lowest BCUT2D eigenvalue weighted by Crippen LogP contribution is -2.31. The van der Waals surface area contributed by atoms with Gasteiger partial charge in [-0.15, -0.1) is 17.6 Å². The van der Waals surface area contributed by atoms with E-state index in [4.69, 9.17) is 18.9 Å². The molecule has 2 heterocycles. The Morgan fingerprint density at radius 1 is 0.380 bits per heavy atom. The van der Waals surface area contributed by atoms with Crippen molar-refractivity contribution in [3.8, 4) is 34.1 Å². The van der Waals surface area contributed by atoms with Gasteiger partial charge in [0.25, 0.3) is 0 Å². The molecule has 12 heteroatoms. The fourth-order valence-electron chi connectivity index (χ4n) is 6.42. The molecule has 6 aromatic carbocycles. The van der Waals surface area contributed by atoms with Crippen LogP contribution in [-0.2, 0) is 9.13 Å². The van der Waals surface area contributed by atoms with Crippen molar-refractivity contribution < 1.29 is 45.6 Å². The Hall–Kier alpha value is -5.30. The first-order valence-electron chi connectivity index (χ1n) is 15.3. The number of ether oxygens (including phenoxy) is 4. The van der Waals surface area contributed by atoms with Crippen molar-refractivity contribution >= 4 is 46.1 Å². The maximum atomic E-state index is 15.9. The van der Waals surface area contributed by atoms with E-state index >= 15 is 26.7 Å². The molecular weight excluding hydrogens is 690 g/mol. The average Bonchev–Trinajstić information content (AvgIpc) is 3.64. The van der Waals surface area contributed by atoms with Crippen molar-refractivity contribution in [3.05, 3.63) is 146 Å². The van der Waals surface area contributed by atoms with Gasteiger partial charge in [0.05, 0.1) is 0 Å². The minimum absolute atomic E-state index is 0.0731. The molecule has 0 amide bonds. The van der Waals surface area contributed by atoms with Gasteiger partial charge in [-0.3, -0.25) is 0 Å². The quantitative estimate of drug-likeness (QED) is 0.128. The van der Waals surface area contributed by atoms with Gasteiger partial charge < -0.3 is 28.1 Å². The smallest absolute Gasteiger partial charge is 0.395 e. The molecule has 6 nitrogen and oxygen atoms in total. The molecule has 0 unspecified atom stereocenters. The van der Waals surface area contributed by atoms with Gasteiger partial charge in [-0.2, -0.15) is 0 Å². The van der Waals surface area contributed by atoms with Crippen molar-refractivity contribution in [2.45, 2.75) is 12.6 Å². The molecule has 0 bridgehead atoms. The number of halogens is 4.